The number of carboxylic acid groups (broad SMARTS) is 1. The lowest BCUT2D eigenvalue weighted by Crippen LogP contribution is -2.10. The minimum absolute atomic E-state index is 0.0555. The topological polar surface area (TPSA) is 59.4 Å². The van der Waals surface area contributed by atoms with Crippen molar-refractivity contribution in [2.45, 2.75) is 37.0 Å². The first-order chi connectivity index (χ1) is 10.5. The van der Waals surface area contributed by atoms with Crippen LogP contribution in [0.15, 0.2) is 47.5 Å². The molecule has 22 heavy (non-hydrogen) atoms. The Bertz CT molecular complexity index is 641. The van der Waals surface area contributed by atoms with Crippen LogP contribution in [0.4, 0.5) is 0 Å². The lowest BCUT2D eigenvalue weighted by molar-refractivity contribution is -0.136. The average Bonchev–Trinajstić information content (AvgIpc) is 2.48. The molecule has 1 atom stereocenters. The first-order valence-electron chi connectivity index (χ1n) is 7.09. The zero-order valence-electron chi connectivity index (χ0n) is 12.8. The molecule has 0 amide bonds. The van der Waals surface area contributed by atoms with E-state index < -0.39 is 11.2 Å². The van der Waals surface area contributed by atoms with Crippen molar-refractivity contribution in [2.24, 2.45) is 0 Å². The molecule has 2 rings (SSSR count). The minimum atomic E-state index is -0.811. The van der Waals surface area contributed by atoms with Crippen LogP contribution in [0, 0.1) is 0 Å². The monoisotopic (exact) mass is 317 g/mol. The number of benzene rings is 1. The van der Waals surface area contributed by atoms with Gasteiger partial charge in [0, 0.05) is 16.7 Å². The summed E-state index contributed by atoms with van der Waals surface area (Å²) in [5, 5.41) is 8.48. The van der Waals surface area contributed by atoms with Crippen LogP contribution < -0.4 is 4.74 Å². The maximum atomic E-state index is 10.9. The molecule has 4 nitrogen and oxygen atoms in total. The van der Waals surface area contributed by atoms with Crippen LogP contribution in [0.5, 0.6) is 5.88 Å². The van der Waals surface area contributed by atoms with Crippen molar-refractivity contribution in [3.8, 4) is 17.0 Å². The van der Waals surface area contributed by atoms with Gasteiger partial charge in [0.25, 0.3) is 0 Å². The normalized spacial score (nSPS) is 12.2. The van der Waals surface area contributed by atoms with Gasteiger partial charge in [-0.25, -0.2) is 4.98 Å². The van der Waals surface area contributed by atoms with Gasteiger partial charge in [0.05, 0.1) is 6.10 Å². The van der Waals surface area contributed by atoms with E-state index in [4.69, 9.17) is 9.84 Å². The van der Waals surface area contributed by atoms with E-state index in [-0.39, 0.29) is 6.10 Å². The fourth-order valence-corrected chi connectivity index (χ4v) is 2.70. The summed E-state index contributed by atoms with van der Waals surface area (Å²) in [6.07, 6.45) is 1.76. The third kappa shape index (κ3) is 4.24. The van der Waals surface area contributed by atoms with Crippen LogP contribution >= 0.6 is 11.8 Å². The fraction of sp³-hybridized carbons (Fsp3) is 0.294. The summed E-state index contributed by atoms with van der Waals surface area (Å²) in [6.45, 7) is 5.60. The largest absolute Gasteiger partial charge is 0.480 e. The Hall–Kier alpha value is -2.01. The van der Waals surface area contributed by atoms with Crippen LogP contribution in [0.3, 0.4) is 0 Å². The minimum Gasteiger partial charge on any atom is -0.480 e. The first kappa shape index (κ1) is 16.4. The summed E-state index contributed by atoms with van der Waals surface area (Å²) in [5.74, 6) is -0.203. The standard InChI is InChI=1S/C17H19NO3S/c1-11(2)21-16-15(5-4-10-18-16)13-6-8-14(9-7-13)22-12(3)17(19)20/h4-12H,1-3H3,(H,19,20). The number of hydrogen-bond donors (Lipinski definition) is 1. The first-order valence-corrected chi connectivity index (χ1v) is 7.97. The molecule has 0 fully saturated rings. The number of aromatic nitrogens is 1. The number of aliphatic carboxylic acids is 1. The molecular weight excluding hydrogens is 298 g/mol. The third-order valence-electron chi connectivity index (χ3n) is 2.94. The van der Waals surface area contributed by atoms with Crippen molar-refractivity contribution in [1.82, 2.24) is 4.98 Å². The molecule has 1 aromatic heterocycles. The molecule has 2 aromatic rings. The molecule has 0 spiro atoms. The summed E-state index contributed by atoms with van der Waals surface area (Å²) < 4.78 is 5.73. The highest BCUT2D eigenvalue weighted by molar-refractivity contribution is 8.00. The molecule has 0 aliphatic rings. The van der Waals surface area contributed by atoms with Gasteiger partial charge in [-0.2, -0.15) is 0 Å². The van der Waals surface area contributed by atoms with Crippen LogP contribution in [-0.2, 0) is 4.79 Å². The van der Waals surface area contributed by atoms with Crippen LogP contribution in [-0.4, -0.2) is 27.4 Å². The third-order valence-corrected chi connectivity index (χ3v) is 4.04. The Balaban J connectivity index is 2.22. The molecule has 0 aliphatic carbocycles. The van der Waals surface area contributed by atoms with Crippen molar-refractivity contribution in [2.75, 3.05) is 0 Å². The summed E-state index contributed by atoms with van der Waals surface area (Å²) >= 11 is 1.32. The summed E-state index contributed by atoms with van der Waals surface area (Å²) in [5.41, 5.74) is 1.93. The van der Waals surface area contributed by atoms with E-state index in [0.717, 1.165) is 16.0 Å². The number of carboxylic acids is 1. The number of hydrogen-bond acceptors (Lipinski definition) is 4. The molecule has 1 heterocycles. The molecule has 0 saturated carbocycles. The van der Waals surface area contributed by atoms with Crippen molar-refractivity contribution >= 4 is 17.7 Å². The number of thioether (sulfide) groups is 1. The van der Waals surface area contributed by atoms with Gasteiger partial charge in [0.2, 0.25) is 5.88 Å². The van der Waals surface area contributed by atoms with Gasteiger partial charge in [-0.05, 0) is 50.6 Å². The smallest absolute Gasteiger partial charge is 0.316 e. The number of ether oxygens (including phenoxy) is 1. The summed E-state index contributed by atoms with van der Waals surface area (Å²) in [6, 6.07) is 11.6. The second-order valence-corrected chi connectivity index (χ2v) is 6.56. The zero-order valence-corrected chi connectivity index (χ0v) is 13.6. The highest BCUT2D eigenvalue weighted by atomic mass is 32.2. The number of rotatable bonds is 6. The zero-order chi connectivity index (χ0) is 16.1. The van der Waals surface area contributed by atoms with Gasteiger partial charge in [0.1, 0.15) is 5.25 Å². The van der Waals surface area contributed by atoms with Crippen LogP contribution in [0.1, 0.15) is 20.8 Å². The van der Waals surface area contributed by atoms with E-state index in [2.05, 4.69) is 4.98 Å². The van der Waals surface area contributed by atoms with Gasteiger partial charge < -0.3 is 9.84 Å². The molecule has 0 saturated heterocycles. The van der Waals surface area contributed by atoms with E-state index in [0.29, 0.717) is 5.88 Å². The van der Waals surface area contributed by atoms with Crippen molar-refractivity contribution in [3.05, 3.63) is 42.6 Å². The molecule has 0 aliphatic heterocycles. The van der Waals surface area contributed by atoms with E-state index in [1.807, 2.05) is 50.2 Å². The fourth-order valence-electron chi connectivity index (χ4n) is 1.90. The number of pyridine rings is 1. The Morgan fingerprint density at radius 2 is 1.86 bits per heavy atom. The predicted octanol–water partition coefficient (Wildman–Crippen LogP) is 4.10. The second-order valence-electron chi connectivity index (χ2n) is 5.15. The maximum Gasteiger partial charge on any atom is 0.316 e. The van der Waals surface area contributed by atoms with Gasteiger partial charge in [0.15, 0.2) is 0 Å². The molecular formula is C17H19NO3S. The summed E-state index contributed by atoms with van der Waals surface area (Å²) in [4.78, 5) is 16.1. The second kappa shape index (κ2) is 7.31. The summed E-state index contributed by atoms with van der Waals surface area (Å²) in [7, 11) is 0. The quantitative estimate of drug-likeness (QED) is 0.813. The molecule has 0 bridgehead atoms. The van der Waals surface area contributed by atoms with Crippen molar-refractivity contribution in [3.63, 3.8) is 0 Å². The Morgan fingerprint density at radius 1 is 1.18 bits per heavy atom. The van der Waals surface area contributed by atoms with Crippen molar-refractivity contribution < 1.29 is 14.6 Å². The SMILES string of the molecule is CC(C)Oc1ncccc1-c1ccc(SC(C)C(=O)O)cc1. The van der Waals surface area contributed by atoms with Gasteiger partial charge in [-0.1, -0.05) is 12.1 Å². The van der Waals surface area contributed by atoms with Crippen LogP contribution in [0.2, 0.25) is 0 Å². The van der Waals surface area contributed by atoms with Crippen molar-refractivity contribution in [1.29, 1.82) is 0 Å². The lowest BCUT2D eigenvalue weighted by atomic mass is 10.1. The Morgan fingerprint density at radius 3 is 2.45 bits per heavy atom. The van der Waals surface area contributed by atoms with E-state index in [1.165, 1.54) is 11.8 Å². The molecule has 0 radical (unpaired) electrons. The Labute approximate surface area is 134 Å². The van der Waals surface area contributed by atoms with E-state index in [9.17, 15) is 4.79 Å². The molecule has 1 aromatic carbocycles. The highest BCUT2D eigenvalue weighted by Gasteiger charge is 2.13. The number of nitrogens with zero attached hydrogens (tertiary/aromatic N) is 1. The lowest BCUT2D eigenvalue weighted by Gasteiger charge is -2.13. The van der Waals surface area contributed by atoms with Gasteiger partial charge in [-0.3, -0.25) is 4.79 Å². The maximum absolute atomic E-state index is 10.9. The Kier molecular flexibility index (Phi) is 5.44. The molecule has 1 unspecified atom stereocenters. The molecule has 1 N–H and O–H groups in total. The van der Waals surface area contributed by atoms with Gasteiger partial charge in [-0.15, -0.1) is 11.8 Å². The average molecular weight is 317 g/mol. The number of carbonyl (C=O) groups is 1. The molecule has 5 heteroatoms. The highest BCUT2D eigenvalue weighted by Crippen LogP contribution is 2.31. The van der Waals surface area contributed by atoms with E-state index >= 15 is 0 Å². The van der Waals surface area contributed by atoms with Crippen LogP contribution in [0.25, 0.3) is 11.1 Å². The van der Waals surface area contributed by atoms with E-state index in [1.54, 1.807) is 13.1 Å². The molecule has 116 valence electrons. The van der Waals surface area contributed by atoms with Gasteiger partial charge >= 0.3 is 5.97 Å². The predicted molar refractivity (Wildman–Crippen MR) is 88.4 cm³/mol.